The summed E-state index contributed by atoms with van der Waals surface area (Å²) < 4.78 is 2.10. The molecule has 0 aliphatic rings. The number of aromatic nitrogens is 1. The van der Waals surface area contributed by atoms with Crippen molar-refractivity contribution in [2.24, 2.45) is 0 Å². The van der Waals surface area contributed by atoms with Crippen molar-refractivity contribution in [3.8, 4) is 0 Å². The third-order valence-electron chi connectivity index (χ3n) is 2.69. The molecule has 2 nitrogen and oxygen atoms in total. The van der Waals surface area contributed by atoms with Gasteiger partial charge in [-0.25, -0.2) is 0 Å². The van der Waals surface area contributed by atoms with Gasteiger partial charge in [0.2, 0.25) is 0 Å². The predicted molar refractivity (Wildman–Crippen MR) is 63.5 cm³/mol. The second-order valence-electron chi connectivity index (χ2n) is 3.71. The molecule has 0 bridgehead atoms. The molecule has 0 radical (unpaired) electrons. The molecule has 0 spiro atoms. The molecule has 1 heterocycles. The van der Waals surface area contributed by atoms with Crippen molar-refractivity contribution < 1.29 is 5.11 Å². The molecule has 3 heteroatoms. The summed E-state index contributed by atoms with van der Waals surface area (Å²) in [5.74, 6) is 0.427. The zero-order valence-electron chi connectivity index (χ0n) is 8.65. The Balaban J connectivity index is 2.62. The van der Waals surface area contributed by atoms with Gasteiger partial charge in [0.1, 0.15) is 0 Å². The van der Waals surface area contributed by atoms with E-state index in [-0.39, 0.29) is 12.6 Å². The maximum atomic E-state index is 9.28. The fourth-order valence-corrected chi connectivity index (χ4v) is 2.23. The molecule has 1 aromatic heterocycles. The topological polar surface area (TPSA) is 25.2 Å². The number of aliphatic hydroxyl groups is 1. The number of hydrogen-bond acceptors (Lipinski definition) is 1. The highest BCUT2D eigenvalue weighted by atomic mass is 35.5. The Labute approximate surface area is 94.1 Å². The van der Waals surface area contributed by atoms with Gasteiger partial charge in [-0.05, 0) is 24.4 Å². The number of nitrogens with zero attached hydrogens (tertiary/aromatic N) is 1. The Morgan fingerprint density at radius 3 is 2.80 bits per heavy atom. The Morgan fingerprint density at radius 1 is 1.40 bits per heavy atom. The first-order valence-electron chi connectivity index (χ1n) is 5.01. The van der Waals surface area contributed by atoms with Crippen molar-refractivity contribution in [3.05, 3.63) is 36.0 Å². The molecule has 80 valence electrons. The van der Waals surface area contributed by atoms with E-state index in [4.69, 9.17) is 11.6 Å². The quantitative estimate of drug-likeness (QED) is 0.796. The standard InChI is InChI=1S/C12H14ClNO/c1-9-6-10-4-2-3-5-12(10)14(9)11(7-13)8-15/h2-6,11,15H,7-8H2,1H3/t11-/m1/s1. The van der Waals surface area contributed by atoms with E-state index in [9.17, 15) is 5.11 Å². The highest BCUT2D eigenvalue weighted by molar-refractivity contribution is 6.18. The minimum absolute atomic E-state index is 0.0356. The van der Waals surface area contributed by atoms with Crippen molar-refractivity contribution in [1.82, 2.24) is 4.57 Å². The molecule has 0 unspecified atom stereocenters. The number of aliphatic hydroxyl groups excluding tert-OH is 1. The molecular formula is C12H14ClNO. The van der Waals surface area contributed by atoms with Crippen LogP contribution in [0.5, 0.6) is 0 Å². The molecule has 15 heavy (non-hydrogen) atoms. The van der Waals surface area contributed by atoms with Crippen LogP contribution in [-0.4, -0.2) is 22.2 Å². The number of rotatable bonds is 3. The van der Waals surface area contributed by atoms with Gasteiger partial charge in [0.15, 0.2) is 0 Å². The molecule has 2 rings (SSSR count). The van der Waals surface area contributed by atoms with Crippen LogP contribution in [0.15, 0.2) is 30.3 Å². The third kappa shape index (κ3) is 1.75. The molecule has 0 aliphatic heterocycles. The summed E-state index contributed by atoms with van der Waals surface area (Å²) in [6, 6.07) is 10.2. The Morgan fingerprint density at radius 2 is 2.13 bits per heavy atom. The summed E-state index contributed by atoms with van der Waals surface area (Å²) in [6.45, 7) is 2.11. The van der Waals surface area contributed by atoms with E-state index in [1.165, 1.54) is 5.39 Å². The molecule has 2 aromatic rings. The van der Waals surface area contributed by atoms with E-state index < -0.39 is 0 Å². The second kappa shape index (κ2) is 4.25. The maximum Gasteiger partial charge on any atom is 0.0705 e. The van der Waals surface area contributed by atoms with Crippen LogP contribution >= 0.6 is 11.6 Å². The molecule has 1 atom stereocenters. The van der Waals surface area contributed by atoms with Gasteiger partial charge >= 0.3 is 0 Å². The van der Waals surface area contributed by atoms with Crippen molar-refractivity contribution >= 4 is 22.5 Å². The first-order valence-corrected chi connectivity index (χ1v) is 5.54. The van der Waals surface area contributed by atoms with Gasteiger partial charge in [-0.1, -0.05) is 18.2 Å². The molecule has 1 aromatic carbocycles. The fraction of sp³-hybridized carbons (Fsp3) is 0.333. The Hall–Kier alpha value is -0.990. The van der Waals surface area contributed by atoms with Gasteiger partial charge < -0.3 is 9.67 Å². The van der Waals surface area contributed by atoms with E-state index in [0.717, 1.165) is 11.2 Å². The van der Waals surface area contributed by atoms with E-state index in [0.29, 0.717) is 5.88 Å². The van der Waals surface area contributed by atoms with Gasteiger partial charge in [-0.15, -0.1) is 11.6 Å². The maximum absolute atomic E-state index is 9.28. The average molecular weight is 224 g/mol. The zero-order chi connectivity index (χ0) is 10.8. The predicted octanol–water partition coefficient (Wildman–Crippen LogP) is 2.72. The molecular weight excluding hydrogens is 210 g/mol. The van der Waals surface area contributed by atoms with Crippen LogP contribution in [0.3, 0.4) is 0 Å². The van der Waals surface area contributed by atoms with E-state index >= 15 is 0 Å². The highest BCUT2D eigenvalue weighted by Crippen LogP contribution is 2.24. The van der Waals surface area contributed by atoms with Crippen LogP contribution < -0.4 is 0 Å². The highest BCUT2D eigenvalue weighted by Gasteiger charge is 2.13. The smallest absolute Gasteiger partial charge is 0.0705 e. The minimum Gasteiger partial charge on any atom is -0.394 e. The summed E-state index contributed by atoms with van der Waals surface area (Å²) in [5, 5.41) is 10.5. The normalized spacial score (nSPS) is 13.3. The largest absolute Gasteiger partial charge is 0.394 e. The van der Waals surface area contributed by atoms with E-state index in [1.807, 2.05) is 19.1 Å². The van der Waals surface area contributed by atoms with Crippen LogP contribution in [-0.2, 0) is 0 Å². The van der Waals surface area contributed by atoms with Gasteiger partial charge in [0, 0.05) is 17.1 Å². The molecule has 0 aliphatic carbocycles. The van der Waals surface area contributed by atoms with Crippen LogP contribution in [0.25, 0.3) is 10.9 Å². The lowest BCUT2D eigenvalue weighted by Gasteiger charge is -2.16. The van der Waals surface area contributed by atoms with E-state index in [2.05, 4.69) is 22.8 Å². The second-order valence-corrected chi connectivity index (χ2v) is 4.01. The van der Waals surface area contributed by atoms with Gasteiger partial charge in [-0.2, -0.15) is 0 Å². The number of fused-ring (bicyclic) bond motifs is 1. The monoisotopic (exact) mass is 223 g/mol. The number of alkyl halides is 1. The number of benzene rings is 1. The summed E-state index contributed by atoms with van der Waals surface area (Å²) >= 11 is 5.85. The zero-order valence-corrected chi connectivity index (χ0v) is 9.41. The van der Waals surface area contributed by atoms with Crippen LogP contribution in [0.2, 0.25) is 0 Å². The van der Waals surface area contributed by atoms with Crippen molar-refractivity contribution in [3.63, 3.8) is 0 Å². The van der Waals surface area contributed by atoms with Crippen molar-refractivity contribution in [1.29, 1.82) is 0 Å². The molecule has 0 fully saturated rings. The van der Waals surface area contributed by atoms with Gasteiger partial charge in [0.25, 0.3) is 0 Å². The molecule has 1 N–H and O–H groups in total. The lowest BCUT2D eigenvalue weighted by molar-refractivity contribution is 0.242. The first kappa shape index (κ1) is 10.5. The summed E-state index contributed by atoms with van der Waals surface area (Å²) in [4.78, 5) is 0. The van der Waals surface area contributed by atoms with Crippen molar-refractivity contribution in [2.75, 3.05) is 12.5 Å². The first-order chi connectivity index (χ1) is 7.27. The van der Waals surface area contributed by atoms with Crippen LogP contribution in [0.1, 0.15) is 11.7 Å². The van der Waals surface area contributed by atoms with Crippen LogP contribution in [0.4, 0.5) is 0 Å². The van der Waals surface area contributed by atoms with Gasteiger partial charge in [-0.3, -0.25) is 0 Å². The van der Waals surface area contributed by atoms with Crippen LogP contribution in [0, 0.1) is 6.92 Å². The lowest BCUT2D eigenvalue weighted by Crippen LogP contribution is -2.15. The Kier molecular flexibility index (Phi) is 2.98. The van der Waals surface area contributed by atoms with E-state index in [1.54, 1.807) is 0 Å². The third-order valence-corrected chi connectivity index (χ3v) is 3.05. The summed E-state index contributed by atoms with van der Waals surface area (Å²) in [5.41, 5.74) is 2.27. The summed E-state index contributed by atoms with van der Waals surface area (Å²) in [6.07, 6.45) is 0. The lowest BCUT2D eigenvalue weighted by atomic mass is 10.2. The number of halogens is 1. The number of para-hydroxylation sites is 1. The molecule has 0 saturated heterocycles. The fourth-order valence-electron chi connectivity index (χ4n) is 2.00. The molecule has 0 saturated carbocycles. The average Bonchev–Trinajstić information content (AvgIpc) is 2.58. The summed E-state index contributed by atoms with van der Waals surface area (Å²) in [7, 11) is 0. The van der Waals surface area contributed by atoms with Crippen molar-refractivity contribution in [2.45, 2.75) is 13.0 Å². The SMILES string of the molecule is Cc1cc2ccccc2n1[C@@H](CO)CCl. The Bertz CT molecular complexity index is 460. The number of hydrogen-bond donors (Lipinski definition) is 1. The minimum atomic E-state index is -0.0356. The van der Waals surface area contributed by atoms with Gasteiger partial charge in [0.05, 0.1) is 12.6 Å². The number of aryl methyl sites for hydroxylation is 1. The molecule has 0 amide bonds.